The summed E-state index contributed by atoms with van der Waals surface area (Å²) in [6.07, 6.45) is 6.92. The molecule has 0 radical (unpaired) electrons. The van der Waals surface area contributed by atoms with Crippen molar-refractivity contribution in [2.75, 3.05) is 29.9 Å². The average molecular weight is 335 g/mol. The molecule has 1 fully saturated rings. The Morgan fingerprint density at radius 3 is 2.54 bits per heavy atom. The van der Waals surface area contributed by atoms with Crippen LogP contribution in [0.4, 0.5) is 25.0 Å². The molecule has 2 amide bonds. The van der Waals surface area contributed by atoms with Crippen LogP contribution >= 0.6 is 0 Å². The fraction of sp³-hybridized carbons (Fsp3) is 0.375. The van der Waals surface area contributed by atoms with E-state index in [1.165, 1.54) is 0 Å². The van der Waals surface area contributed by atoms with Gasteiger partial charge in [-0.25, -0.2) is 18.6 Å². The number of hydrogen-bond donors (Lipinski definition) is 2. The number of urea groups is 1. The molecule has 3 rings (SSSR count). The van der Waals surface area contributed by atoms with Gasteiger partial charge in [0, 0.05) is 44.3 Å². The molecular formula is C16H19F2N5O. The molecule has 6 nitrogen and oxygen atoms in total. The molecule has 0 saturated carbocycles. The fourth-order valence-electron chi connectivity index (χ4n) is 2.77. The number of nitrogens with one attached hydrogen (secondary N) is 2. The van der Waals surface area contributed by atoms with Gasteiger partial charge in [0.15, 0.2) is 11.6 Å². The molecule has 1 aromatic heterocycles. The van der Waals surface area contributed by atoms with E-state index in [0.29, 0.717) is 26.2 Å². The molecule has 2 N–H and O–H groups in total. The van der Waals surface area contributed by atoms with Crippen LogP contribution in [0.1, 0.15) is 12.8 Å². The molecule has 8 heteroatoms. The summed E-state index contributed by atoms with van der Waals surface area (Å²) in [5.41, 5.74) is 0.0756. The molecule has 2 heterocycles. The zero-order valence-corrected chi connectivity index (χ0v) is 13.1. The van der Waals surface area contributed by atoms with Crippen molar-refractivity contribution in [2.45, 2.75) is 19.4 Å². The van der Waals surface area contributed by atoms with Crippen LogP contribution in [0.15, 0.2) is 30.9 Å². The third kappa shape index (κ3) is 3.81. The van der Waals surface area contributed by atoms with Crippen LogP contribution in [0.5, 0.6) is 0 Å². The van der Waals surface area contributed by atoms with E-state index in [1.54, 1.807) is 23.6 Å². The minimum absolute atomic E-state index is 0.0152. The zero-order chi connectivity index (χ0) is 16.9. The van der Waals surface area contributed by atoms with Crippen molar-refractivity contribution in [3.8, 4) is 0 Å². The largest absolute Gasteiger partial charge is 0.367 e. The standard InChI is InChI=1S/C16H19F2N5O/c17-13-9-12(10-14(18)15(13)23-5-1-2-6-23)21-16(24)20-4-8-22-7-3-19-11-22/h3,7,9-11H,1-2,4-6,8H2,(H2,20,21,24). The summed E-state index contributed by atoms with van der Waals surface area (Å²) in [7, 11) is 0. The van der Waals surface area contributed by atoms with Crippen LogP contribution < -0.4 is 15.5 Å². The Hall–Kier alpha value is -2.64. The summed E-state index contributed by atoms with van der Waals surface area (Å²) in [6.45, 7) is 2.23. The highest BCUT2D eigenvalue weighted by Crippen LogP contribution is 2.29. The highest BCUT2D eigenvalue weighted by atomic mass is 19.1. The molecule has 1 aliphatic rings. The first kappa shape index (κ1) is 16.2. The summed E-state index contributed by atoms with van der Waals surface area (Å²) in [4.78, 5) is 17.4. The summed E-state index contributed by atoms with van der Waals surface area (Å²) in [6, 6.07) is 1.78. The monoisotopic (exact) mass is 335 g/mol. The Morgan fingerprint density at radius 1 is 1.21 bits per heavy atom. The smallest absolute Gasteiger partial charge is 0.319 e. The SMILES string of the molecule is O=C(NCCn1ccnc1)Nc1cc(F)c(N2CCCC2)c(F)c1. The minimum atomic E-state index is -0.661. The van der Waals surface area contributed by atoms with Crippen molar-refractivity contribution >= 4 is 17.4 Å². The van der Waals surface area contributed by atoms with E-state index in [1.807, 2.05) is 4.57 Å². The number of rotatable bonds is 5. The molecule has 0 unspecified atom stereocenters. The number of carbonyl (C=O) groups is 1. The lowest BCUT2D eigenvalue weighted by Gasteiger charge is -2.20. The third-order valence-corrected chi connectivity index (χ3v) is 3.91. The molecule has 128 valence electrons. The van der Waals surface area contributed by atoms with E-state index in [0.717, 1.165) is 25.0 Å². The number of hydrogen-bond acceptors (Lipinski definition) is 3. The molecule has 24 heavy (non-hydrogen) atoms. The molecule has 0 aliphatic carbocycles. The van der Waals surface area contributed by atoms with Crippen LogP contribution in [0.3, 0.4) is 0 Å². The number of nitrogens with zero attached hydrogens (tertiary/aromatic N) is 3. The number of amides is 2. The highest BCUT2D eigenvalue weighted by Gasteiger charge is 2.21. The molecule has 1 aliphatic heterocycles. The molecular weight excluding hydrogens is 316 g/mol. The lowest BCUT2D eigenvalue weighted by Crippen LogP contribution is -2.31. The van der Waals surface area contributed by atoms with Gasteiger partial charge in [-0.05, 0) is 25.0 Å². The highest BCUT2D eigenvalue weighted by molar-refractivity contribution is 5.89. The second-order valence-electron chi connectivity index (χ2n) is 5.66. The molecule has 1 aromatic carbocycles. The van der Waals surface area contributed by atoms with Gasteiger partial charge in [0.05, 0.1) is 6.33 Å². The lowest BCUT2D eigenvalue weighted by atomic mass is 10.2. The van der Waals surface area contributed by atoms with Crippen molar-refractivity contribution in [1.82, 2.24) is 14.9 Å². The first-order valence-corrected chi connectivity index (χ1v) is 7.88. The van der Waals surface area contributed by atoms with Gasteiger partial charge in [0.2, 0.25) is 0 Å². The molecule has 0 bridgehead atoms. The van der Waals surface area contributed by atoms with Crippen molar-refractivity contribution in [3.05, 3.63) is 42.5 Å². The van der Waals surface area contributed by atoms with E-state index >= 15 is 0 Å². The second kappa shape index (κ2) is 7.29. The van der Waals surface area contributed by atoms with Crippen molar-refractivity contribution < 1.29 is 13.6 Å². The number of carbonyl (C=O) groups excluding carboxylic acids is 1. The summed E-state index contributed by atoms with van der Waals surface area (Å²) in [5.74, 6) is -1.32. The first-order chi connectivity index (χ1) is 11.6. The Morgan fingerprint density at radius 2 is 1.92 bits per heavy atom. The van der Waals surface area contributed by atoms with Gasteiger partial charge in [-0.3, -0.25) is 0 Å². The number of aromatic nitrogens is 2. The van der Waals surface area contributed by atoms with Gasteiger partial charge in [-0.2, -0.15) is 0 Å². The van der Waals surface area contributed by atoms with Crippen molar-refractivity contribution in [1.29, 1.82) is 0 Å². The van der Waals surface area contributed by atoms with Crippen LogP contribution in [0.2, 0.25) is 0 Å². The van der Waals surface area contributed by atoms with Crippen molar-refractivity contribution in [3.63, 3.8) is 0 Å². The Labute approximate surface area is 138 Å². The van der Waals surface area contributed by atoms with Crippen LogP contribution in [-0.2, 0) is 6.54 Å². The molecule has 2 aromatic rings. The summed E-state index contributed by atoms with van der Waals surface area (Å²) < 4.78 is 30.2. The summed E-state index contributed by atoms with van der Waals surface area (Å²) in [5, 5.41) is 5.07. The predicted octanol–water partition coefficient (Wildman–Crippen LogP) is 2.58. The number of imidazole rings is 1. The molecule has 0 spiro atoms. The van der Waals surface area contributed by atoms with Gasteiger partial charge in [-0.15, -0.1) is 0 Å². The maximum atomic E-state index is 14.2. The maximum absolute atomic E-state index is 14.2. The topological polar surface area (TPSA) is 62.2 Å². The predicted molar refractivity (Wildman–Crippen MR) is 87.1 cm³/mol. The zero-order valence-electron chi connectivity index (χ0n) is 13.1. The van der Waals surface area contributed by atoms with E-state index in [2.05, 4.69) is 15.6 Å². The number of anilines is 2. The quantitative estimate of drug-likeness (QED) is 0.883. The van der Waals surface area contributed by atoms with Gasteiger partial charge in [-0.1, -0.05) is 0 Å². The lowest BCUT2D eigenvalue weighted by molar-refractivity contribution is 0.251. The summed E-state index contributed by atoms with van der Waals surface area (Å²) >= 11 is 0. The van der Waals surface area contributed by atoms with E-state index in [9.17, 15) is 13.6 Å². The van der Waals surface area contributed by atoms with E-state index in [4.69, 9.17) is 0 Å². The Bertz CT molecular complexity index is 675. The van der Waals surface area contributed by atoms with Crippen LogP contribution in [-0.4, -0.2) is 35.2 Å². The van der Waals surface area contributed by atoms with E-state index < -0.39 is 17.7 Å². The van der Waals surface area contributed by atoms with Gasteiger partial charge in [0.25, 0.3) is 0 Å². The van der Waals surface area contributed by atoms with Gasteiger partial charge in [0.1, 0.15) is 5.69 Å². The molecule has 1 saturated heterocycles. The average Bonchev–Trinajstić information content (AvgIpc) is 3.20. The third-order valence-electron chi connectivity index (χ3n) is 3.91. The van der Waals surface area contributed by atoms with Gasteiger partial charge >= 0.3 is 6.03 Å². The first-order valence-electron chi connectivity index (χ1n) is 7.88. The second-order valence-corrected chi connectivity index (χ2v) is 5.66. The number of halogens is 2. The Balaban J connectivity index is 1.57. The van der Waals surface area contributed by atoms with Gasteiger partial charge < -0.3 is 20.1 Å². The molecule has 0 atom stereocenters. The van der Waals surface area contributed by atoms with Crippen LogP contribution in [0, 0.1) is 11.6 Å². The maximum Gasteiger partial charge on any atom is 0.319 e. The normalized spacial score (nSPS) is 14.0. The van der Waals surface area contributed by atoms with Crippen molar-refractivity contribution in [2.24, 2.45) is 0 Å². The fourth-order valence-corrected chi connectivity index (χ4v) is 2.77. The Kier molecular flexibility index (Phi) is 4.93. The minimum Gasteiger partial charge on any atom is -0.367 e. The van der Waals surface area contributed by atoms with Crippen LogP contribution in [0.25, 0.3) is 0 Å². The number of benzene rings is 1. The van der Waals surface area contributed by atoms with E-state index in [-0.39, 0.29) is 11.4 Å².